The highest BCUT2D eigenvalue weighted by atomic mass is 16.5. The predicted molar refractivity (Wildman–Crippen MR) is 343 cm³/mol. The van der Waals surface area contributed by atoms with E-state index in [0.29, 0.717) is 19.4 Å². The van der Waals surface area contributed by atoms with Gasteiger partial charge >= 0.3 is 5.97 Å². The second-order valence-electron chi connectivity index (χ2n) is 24.6. The van der Waals surface area contributed by atoms with E-state index in [1.165, 1.54) is 327 Å². The Morgan fingerprint density at radius 3 is 0.910 bits per heavy atom. The number of hydrogen-bond donors (Lipinski definition) is 3. The number of esters is 1. The second kappa shape index (κ2) is 67.8. The molecule has 0 radical (unpaired) electrons. The minimum absolute atomic E-state index is 0.0141. The lowest BCUT2D eigenvalue weighted by atomic mass is 10.0. The van der Waals surface area contributed by atoms with Gasteiger partial charge in [-0.15, -0.1) is 0 Å². The van der Waals surface area contributed by atoms with Crippen LogP contribution in [0.25, 0.3) is 0 Å². The highest BCUT2D eigenvalue weighted by molar-refractivity contribution is 5.76. The molecule has 78 heavy (non-hydrogen) atoms. The summed E-state index contributed by atoms with van der Waals surface area (Å²) in [7, 11) is 0. The Hall–Kier alpha value is -1.66. The average Bonchev–Trinajstić information content (AvgIpc) is 3.44. The van der Waals surface area contributed by atoms with Crippen LogP contribution >= 0.6 is 0 Å². The zero-order chi connectivity index (χ0) is 56.4. The first-order valence-electron chi connectivity index (χ1n) is 35.6. The SMILES string of the molecule is CCCCCCCCC/C=C\CCCCCCCC(=O)OCCCCCCCCCCCCCCCCCCCCCCCCCCCCCCCCCCC(=O)NC(CO)C(O)/C=C/CCCCCCCCCCCCC. The second-order valence-corrected chi connectivity index (χ2v) is 24.6. The Morgan fingerprint density at radius 1 is 0.346 bits per heavy atom. The van der Waals surface area contributed by atoms with Crippen LogP contribution in [0, 0.1) is 0 Å². The monoisotopic (exact) mass is 1100 g/mol. The van der Waals surface area contributed by atoms with Crippen LogP contribution in [0.5, 0.6) is 0 Å². The summed E-state index contributed by atoms with van der Waals surface area (Å²) in [4.78, 5) is 24.5. The minimum Gasteiger partial charge on any atom is -0.466 e. The zero-order valence-corrected chi connectivity index (χ0v) is 52.9. The molecule has 6 heteroatoms. The van der Waals surface area contributed by atoms with Gasteiger partial charge in [-0.3, -0.25) is 9.59 Å². The smallest absolute Gasteiger partial charge is 0.305 e. The van der Waals surface area contributed by atoms with Gasteiger partial charge in [-0.1, -0.05) is 353 Å². The summed E-state index contributed by atoms with van der Waals surface area (Å²) in [5.74, 6) is -0.0477. The molecule has 2 atom stereocenters. The lowest BCUT2D eigenvalue weighted by molar-refractivity contribution is -0.143. The highest BCUT2D eigenvalue weighted by Crippen LogP contribution is 2.19. The molecular weight excluding hydrogens is 959 g/mol. The van der Waals surface area contributed by atoms with Gasteiger partial charge in [0.15, 0.2) is 0 Å². The molecule has 3 N–H and O–H groups in total. The number of carbonyl (C=O) groups excluding carboxylic acids is 2. The van der Waals surface area contributed by atoms with Crippen molar-refractivity contribution >= 4 is 11.9 Å². The molecule has 0 aliphatic carbocycles. The molecule has 0 aromatic rings. The third-order valence-electron chi connectivity index (χ3n) is 16.7. The normalized spacial score (nSPS) is 12.6. The molecule has 0 saturated heterocycles. The van der Waals surface area contributed by atoms with Crippen LogP contribution in [0.2, 0.25) is 0 Å². The number of ether oxygens (including phenoxy) is 1. The van der Waals surface area contributed by atoms with Crippen molar-refractivity contribution in [3.8, 4) is 0 Å². The van der Waals surface area contributed by atoms with Crippen LogP contribution in [-0.2, 0) is 14.3 Å². The number of aliphatic hydroxyl groups is 2. The van der Waals surface area contributed by atoms with E-state index in [0.717, 1.165) is 44.9 Å². The summed E-state index contributed by atoms with van der Waals surface area (Å²) in [6.45, 7) is 4.93. The summed E-state index contributed by atoms with van der Waals surface area (Å²) in [5.41, 5.74) is 0. The van der Waals surface area contributed by atoms with Gasteiger partial charge in [-0.05, 0) is 57.8 Å². The summed E-state index contributed by atoms with van der Waals surface area (Å²) < 4.78 is 5.50. The number of nitrogens with one attached hydrogen (secondary N) is 1. The number of allylic oxidation sites excluding steroid dienone is 3. The summed E-state index contributed by atoms with van der Waals surface area (Å²) in [6.07, 6.45) is 85.6. The minimum atomic E-state index is -0.840. The molecule has 0 spiro atoms. The largest absolute Gasteiger partial charge is 0.466 e. The van der Waals surface area contributed by atoms with Gasteiger partial charge in [0.05, 0.1) is 25.4 Å². The lowest BCUT2D eigenvalue weighted by Crippen LogP contribution is -2.45. The molecule has 0 aromatic heterocycles. The lowest BCUT2D eigenvalue weighted by Gasteiger charge is -2.20. The zero-order valence-electron chi connectivity index (χ0n) is 52.9. The maximum Gasteiger partial charge on any atom is 0.305 e. The molecule has 1 amide bonds. The Morgan fingerprint density at radius 2 is 0.603 bits per heavy atom. The molecule has 0 bridgehead atoms. The van der Waals surface area contributed by atoms with Crippen molar-refractivity contribution in [1.29, 1.82) is 0 Å². The van der Waals surface area contributed by atoms with Crippen molar-refractivity contribution in [1.82, 2.24) is 5.32 Å². The van der Waals surface area contributed by atoms with E-state index in [1.54, 1.807) is 6.08 Å². The third kappa shape index (κ3) is 63.5. The molecule has 0 heterocycles. The molecule has 2 unspecified atom stereocenters. The number of unbranched alkanes of at least 4 members (excludes halogenated alkanes) is 54. The number of amides is 1. The first-order valence-corrected chi connectivity index (χ1v) is 35.6. The molecule has 0 aliphatic rings. The fraction of sp³-hybridized carbons (Fsp3) is 0.917. The van der Waals surface area contributed by atoms with Crippen LogP contribution in [-0.4, -0.2) is 47.4 Å². The van der Waals surface area contributed by atoms with Crippen molar-refractivity contribution in [2.45, 2.75) is 411 Å². The molecular formula is C72H139NO5. The molecule has 0 fully saturated rings. The first-order chi connectivity index (χ1) is 38.5. The summed E-state index contributed by atoms with van der Waals surface area (Å²) in [5, 5.41) is 23.1. The molecule has 6 nitrogen and oxygen atoms in total. The van der Waals surface area contributed by atoms with Gasteiger partial charge in [0.1, 0.15) is 0 Å². The average molecular weight is 1100 g/mol. The number of hydrogen-bond acceptors (Lipinski definition) is 5. The van der Waals surface area contributed by atoms with Crippen molar-refractivity contribution in [2.24, 2.45) is 0 Å². The summed E-state index contributed by atoms with van der Waals surface area (Å²) >= 11 is 0. The third-order valence-corrected chi connectivity index (χ3v) is 16.7. The number of aliphatic hydroxyl groups excluding tert-OH is 2. The summed E-state index contributed by atoms with van der Waals surface area (Å²) in [6, 6.07) is -0.623. The number of carbonyl (C=O) groups is 2. The van der Waals surface area contributed by atoms with Gasteiger partial charge in [-0.25, -0.2) is 0 Å². The molecule has 462 valence electrons. The van der Waals surface area contributed by atoms with Gasteiger partial charge in [-0.2, -0.15) is 0 Å². The fourth-order valence-electron chi connectivity index (χ4n) is 11.3. The Balaban J connectivity index is 3.32. The topological polar surface area (TPSA) is 95.9 Å². The molecule has 0 aromatic carbocycles. The fourth-order valence-corrected chi connectivity index (χ4v) is 11.3. The maximum atomic E-state index is 12.5. The van der Waals surface area contributed by atoms with Gasteiger partial charge in [0.25, 0.3) is 0 Å². The van der Waals surface area contributed by atoms with E-state index in [9.17, 15) is 19.8 Å². The van der Waals surface area contributed by atoms with Gasteiger partial charge < -0.3 is 20.3 Å². The van der Waals surface area contributed by atoms with Crippen LogP contribution in [0.3, 0.4) is 0 Å². The van der Waals surface area contributed by atoms with E-state index in [1.807, 2.05) is 6.08 Å². The van der Waals surface area contributed by atoms with Crippen LogP contribution in [0.1, 0.15) is 399 Å². The molecule has 0 rings (SSSR count). The van der Waals surface area contributed by atoms with Crippen molar-refractivity contribution < 1.29 is 24.5 Å². The van der Waals surface area contributed by atoms with Crippen molar-refractivity contribution in [3.63, 3.8) is 0 Å². The van der Waals surface area contributed by atoms with Crippen molar-refractivity contribution in [2.75, 3.05) is 13.2 Å². The van der Waals surface area contributed by atoms with E-state index in [2.05, 4.69) is 31.3 Å². The standard InChI is InChI=1S/C72H139NO5/c1-3-5-7-9-11-13-15-17-18-38-42-46-50-54-58-62-66-72(77)78-67-63-59-55-51-47-43-39-36-34-32-30-28-26-24-22-20-19-21-23-25-27-29-31-33-35-37-41-45-49-53-57-61-65-71(76)73-69(68-74)70(75)64-60-56-52-48-44-40-16-14-12-10-8-6-4-2/h18,38,60,64,69-70,74-75H,3-17,19-37,39-59,61-63,65-68H2,1-2H3,(H,73,76)/b38-18-,64-60+. The first kappa shape index (κ1) is 76.3. The van der Waals surface area contributed by atoms with E-state index >= 15 is 0 Å². The van der Waals surface area contributed by atoms with E-state index in [4.69, 9.17) is 4.74 Å². The Kier molecular flexibility index (Phi) is 66.4. The van der Waals surface area contributed by atoms with Crippen molar-refractivity contribution in [3.05, 3.63) is 24.3 Å². The number of rotatable bonds is 67. The predicted octanol–water partition coefficient (Wildman–Crippen LogP) is 22.9. The van der Waals surface area contributed by atoms with Crippen LogP contribution < -0.4 is 5.32 Å². The van der Waals surface area contributed by atoms with Crippen LogP contribution in [0.15, 0.2) is 24.3 Å². The quantitative estimate of drug-likeness (QED) is 0.0320. The van der Waals surface area contributed by atoms with E-state index in [-0.39, 0.29) is 18.5 Å². The van der Waals surface area contributed by atoms with Gasteiger partial charge in [0, 0.05) is 12.8 Å². The Bertz CT molecular complexity index is 1220. The highest BCUT2D eigenvalue weighted by Gasteiger charge is 2.18. The molecule has 0 saturated carbocycles. The van der Waals surface area contributed by atoms with Crippen LogP contribution in [0.4, 0.5) is 0 Å². The Labute approximate surface area is 488 Å². The maximum absolute atomic E-state index is 12.5. The van der Waals surface area contributed by atoms with Gasteiger partial charge in [0.2, 0.25) is 5.91 Å². The van der Waals surface area contributed by atoms with E-state index < -0.39 is 12.1 Å². The molecule has 0 aliphatic heterocycles.